The van der Waals surface area contributed by atoms with E-state index in [0.29, 0.717) is 13.0 Å². The number of nitrogens with zero attached hydrogens (tertiary/aromatic N) is 1. The normalized spacial score (nSPS) is 11.2. The average molecular weight is 311 g/mol. The van der Waals surface area contributed by atoms with E-state index in [1.165, 1.54) is 11.4 Å². The quantitative estimate of drug-likeness (QED) is 0.758. The molecule has 0 saturated heterocycles. The first-order chi connectivity index (χ1) is 9.99. The zero-order valence-electron chi connectivity index (χ0n) is 12.4. The molecule has 0 fully saturated rings. The fourth-order valence-corrected chi connectivity index (χ4v) is 2.70. The van der Waals surface area contributed by atoms with E-state index in [-0.39, 0.29) is 19.0 Å². The van der Waals surface area contributed by atoms with Crippen molar-refractivity contribution in [3.63, 3.8) is 0 Å². The van der Waals surface area contributed by atoms with Gasteiger partial charge >= 0.3 is 0 Å². The molecule has 0 aliphatic heterocycles. The molecule has 0 heterocycles. The second kappa shape index (κ2) is 8.80. The molecule has 1 rings (SSSR count). The van der Waals surface area contributed by atoms with Crippen LogP contribution < -0.4 is 0 Å². The van der Waals surface area contributed by atoms with E-state index in [0.717, 1.165) is 11.1 Å². The third-order valence-electron chi connectivity index (χ3n) is 2.82. The lowest BCUT2D eigenvalue weighted by Crippen LogP contribution is -2.30. The predicted molar refractivity (Wildman–Crippen MR) is 82.2 cm³/mol. The third kappa shape index (κ3) is 6.27. The molecule has 0 amide bonds. The Bertz CT molecular complexity index is 602. The Kier molecular flexibility index (Phi) is 7.40. The minimum absolute atomic E-state index is 0.0317. The molecule has 0 atom stereocenters. The number of aliphatic hydroxyl groups is 1. The molecule has 0 bridgehead atoms. The molecule has 0 spiro atoms. The molecule has 0 unspecified atom stereocenters. The van der Waals surface area contributed by atoms with E-state index < -0.39 is 10.0 Å². The van der Waals surface area contributed by atoms with Crippen LogP contribution in [0.3, 0.4) is 0 Å². The molecule has 6 heteroatoms. The van der Waals surface area contributed by atoms with Crippen LogP contribution in [0, 0.1) is 11.8 Å². The highest BCUT2D eigenvalue weighted by molar-refractivity contribution is 7.89. The molecule has 0 radical (unpaired) electrons. The smallest absolute Gasteiger partial charge is 0.216 e. The lowest BCUT2D eigenvalue weighted by molar-refractivity contribution is 0.215. The number of ether oxygens (including phenoxy) is 1. The van der Waals surface area contributed by atoms with Crippen LogP contribution in [0.1, 0.15) is 17.5 Å². The lowest BCUT2D eigenvalue weighted by Gasteiger charge is -2.17. The Balaban J connectivity index is 2.75. The molecule has 116 valence electrons. The number of methoxy groups -OCH3 is 1. The molecule has 1 aromatic rings. The van der Waals surface area contributed by atoms with Crippen LogP contribution in [0.5, 0.6) is 0 Å². The number of hydrogen-bond acceptors (Lipinski definition) is 4. The number of rotatable bonds is 7. The summed E-state index contributed by atoms with van der Waals surface area (Å²) >= 11 is 0. The van der Waals surface area contributed by atoms with E-state index in [4.69, 9.17) is 9.84 Å². The molecule has 5 nitrogen and oxygen atoms in total. The molecular formula is C15H21NO4S. The summed E-state index contributed by atoms with van der Waals surface area (Å²) in [4.78, 5) is 0. The van der Waals surface area contributed by atoms with E-state index >= 15 is 0 Å². The van der Waals surface area contributed by atoms with Crippen LogP contribution in [0.4, 0.5) is 0 Å². The van der Waals surface area contributed by atoms with E-state index in [1.54, 1.807) is 7.05 Å². The first-order valence-electron chi connectivity index (χ1n) is 6.61. The topological polar surface area (TPSA) is 66.8 Å². The fourth-order valence-electron chi connectivity index (χ4n) is 1.67. The van der Waals surface area contributed by atoms with Gasteiger partial charge in [0.1, 0.15) is 0 Å². The Morgan fingerprint density at radius 2 is 2.14 bits per heavy atom. The molecule has 21 heavy (non-hydrogen) atoms. The van der Waals surface area contributed by atoms with Crippen molar-refractivity contribution in [1.29, 1.82) is 0 Å². The van der Waals surface area contributed by atoms with Crippen LogP contribution >= 0.6 is 0 Å². The molecule has 1 N–H and O–H groups in total. The molecule has 0 aliphatic rings. The molecule has 0 aliphatic carbocycles. The van der Waals surface area contributed by atoms with Gasteiger partial charge in [-0.25, -0.2) is 12.7 Å². The van der Waals surface area contributed by atoms with Crippen molar-refractivity contribution in [3.05, 3.63) is 35.4 Å². The van der Waals surface area contributed by atoms with Gasteiger partial charge in [0.25, 0.3) is 0 Å². The monoisotopic (exact) mass is 311 g/mol. The molecular weight excluding hydrogens is 290 g/mol. The average Bonchev–Trinajstić information content (AvgIpc) is 2.46. The second-order valence-electron chi connectivity index (χ2n) is 4.54. The van der Waals surface area contributed by atoms with Gasteiger partial charge in [-0.05, 0) is 17.7 Å². The Labute approximate surface area is 126 Å². The van der Waals surface area contributed by atoms with Crippen LogP contribution in [0.25, 0.3) is 0 Å². The van der Waals surface area contributed by atoms with Gasteiger partial charge < -0.3 is 9.84 Å². The summed E-state index contributed by atoms with van der Waals surface area (Å²) in [5.41, 5.74) is 1.68. The number of sulfonamides is 1. The van der Waals surface area contributed by atoms with Crippen molar-refractivity contribution in [1.82, 2.24) is 4.31 Å². The van der Waals surface area contributed by atoms with Gasteiger partial charge in [-0.1, -0.05) is 24.0 Å². The van der Waals surface area contributed by atoms with Crippen molar-refractivity contribution < 1.29 is 18.3 Å². The second-order valence-corrected chi connectivity index (χ2v) is 6.74. The van der Waals surface area contributed by atoms with Gasteiger partial charge in [-0.15, -0.1) is 0 Å². The van der Waals surface area contributed by atoms with Crippen LogP contribution in [0.15, 0.2) is 24.3 Å². The molecule has 0 saturated carbocycles. The van der Waals surface area contributed by atoms with Gasteiger partial charge in [0.05, 0.1) is 19.0 Å². The minimum Gasteiger partial charge on any atom is -0.395 e. The van der Waals surface area contributed by atoms with Crippen molar-refractivity contribution in [3.8, 4) is 11.8 Å². The van der Waals surface area contributed by atoms with Gasteiger partial charge in [0.2, 0.25) is 10.0 Å². The third-order valence-corrected chi connectivity index (χ3v) is 4.58. The number of benzene rings is 1. The largest absolute Gasteiger partial charge is 0.395 e. The van der Waals surface area contributed by atoms with Crippen LogP contribution in [0.2, 0.25) is 0 Å². The standard InChI is InChI=1S/C15H21NO4S/c1-16(21(18,19)11-10-20-2)13-15-8-5-7-14(12-15)6-3-4-9-17/h5,7-8,12,17H,4,9-11,13H2,1-2H3. The SMILES string of the molecule is COCCS(=O)(=O)N(C)Cc1cccc(C#CCCO)c1. The van der Waals surface area contributed by atoms with E-state index in [1.807, 2.05) is 24.3 Å². The lowest BCUT2D eigenvalue weighted by atomic mass is 10.1. The summed E-state index contributed by atoms with van der Waals surface area (Å²) in [7, 11) is -0.288. The summed E-state index contributed by atoms with van der Waals surface area (Å²) in [5, 5.41) is 8.69. The van der Waals surface area contributed by atoms with E-state index in [2.05, 4.69) is 11.8 Å². The summed E-state index contributed by atoms with van der Waals surface area (Å²) in [6.45, 7) is 0.508. The van der Waals surface area contributed by atoms with Gasteiger partial charge in [0.15, 0.2) is 0 Å². The van der Waals surface area contributed by atoms with Gasteiger partial charge in [-0.3, -0.25) is 0 Å². The first-order valence-corrected chi connectivity index (χ1v) is 8.22. The first kappa shape index (κ1) is 17.7. The number of hydrogen-bond donors (Lipinski definition) is 1. The molecule has 1 aromatic carbocycles. The van der Waals surface area contributed by atoms with E-state index in [9.17, 15) is 8.42 Å². The van der Waals surface area contributed by atoms with Crippen LogP contribution in [-0.4, -0.2) is 51.0 Å². The Morgan fingerprint density at radius 1 is 1.38 bits per heavy atom. The van der Waals surface area contributed by atoms with Crippen molar-refractivity contribution in [2.24, 2.45) is 0 Å². The maximum atomic E-state index is 12.0. The highest BCUT2D eigenvalue weighted by Crippen LogP contribution is 2.10. The minimum atomic E-state index is -3.32. The zero-order valence-corrected chi connectivity index (χ0v) is 13.2. The Morgan fingerprint density at radius 3 is 2.81 bits per heavy atom. The maximum Gasteiger partial charge on any atom is 0.216 e. The summed E-state index contributed by atoms with van der Waals surface area (Å²) in [6, 6.07) is 7.41. The maximum absolute atomic E-state index is 12.0. The van der Waals surface area contributed by atoms with Gasteiger partial charge in [-0.2, -0.15) is 0 Å². The Hall–Kier alpha value is -1.39. The predicted octanol–water partition coefficient (Wildman–Crippen LogP) is 0.828. The van der Waals surface area contributed by atoms with Crippen molar-refractivity contribution >= 4 is 10.0 Å². The van der Waals surface area contributed by atoms with Gasteiger partial charge in [0, 0.05) is 32.7 Å². The fraction of sp³-hybridized carbons (Fsp3) is 0.467. The van der Waals surface area contributed by atoms with Crippen LogP contribution in [-0.2, 0) is 21.3 Å². The highest BCUT2D eigenvalue weighted by atomic mass is 32.2. The summed E-state index contributed by atoms with van der Waals surface area (Å²) in [5.74, 6) is 5.74. The van der Waals surface area contributed by atoms with Crippen molar-refractivity contribution in [2.45, 2.75) is 13.0 Å². The highest BCUT2D eigenvalue weighted by Gasteiger charge is 2.17. The van der Waals surface area contributed by atoms with Crippen molar-refractivity contribution in [2.75, 3.05) is 33.1 Å². The summed E-state index contributed by atoms with van der Waals surface area (Å²) < 4.78 is 30.1. The number of aliphatic hydroxyl groups excluding tert-OH is 1. The molecule has 0 aromatic heterocycles. The summed E-state index contributed by atoms with van der Waals surface area (Å²) in [6.07, 6.45) is 0.426. The zero-order chi connectivity index (χ0) is 15.7.